The predicted molar refractivity (Wildman–Crippen MR) is 98.3 cm³/mol. The number of benzene rings is 1. The van der Waals surface area contributed by atoms with Crippen molar-refractivity contribution in [2.24, 2.45) is 0 Å². The Morgan fingerprint density at radius 3 is 2.80 bits per heavy atom. The third-order valence-electron chi connectivity index (χ3n) is 4.69. The molecule has 1 aromatic carbocycles. The van der Waals surface area contributed by atoms with E-state index in [2.05, 4.69) is 10.3 Å². The minimum Gasteiger partial charge on any atom is -0.345 e. The normalized spacial score (nSPS) is 14.9. The molecule has 0 saturated carbocycles. The summed E-state index contributed by atoms with van der Waals surface area (Å²) in [5.74, 6) is -0.376. The van der Waals surface area contributed by atoms with Crippen LogP contribution in [0.25, 0.3) is 4.96 Å². The Morgan fingerprint density at radius 1 is 1.24 bits per heavy atom. The van der Waals surface area contributed by atoms with Crippen LogP contribution in [0.2, 0.25) is 0 Å². The van der Waals surface area contributed by atoms with E-state index in [1.807, 2.05) is 37.3 Å². The summed E-state index contributed by atoms with van der Waals surface area (Å²) in [5.41, 5.74) is 1.88. The van der Waals surface area contributed by atoms with E-state index in [1.165, 1.54) is 11.1 Å². The van der Waals surface area contributed by atoms with Gasteiger partial charge in [0.2, 0.25) is 0 Å². The third-order valence-corrected chi connectivity index (χ3v) is 5.85. The Morgan fingerprint density at radius 2 is 2.00 bits per heavy atom. The topological polar surface area (TPSA) is 63.5 Å². The molecule has 1 amide bonds. The van der Waals surface area contributed by atoms with Crippen LogP contribution >= 0.6 is 11.3 Å². The zero-order valence-corrected chi connectivity index (χ0v) is 14.8. The van der Waals surface area contributed by atoms with E-state index >= 15 is 0 Å². The fourth-order valence-corrected chi connectivity index (χ4v) is 4.49. The van der Waals surface area contributed by atoms with Gasteiger partial charge in [0, 0.05) is 16.8 Å². The van der Waals surface area contributed by atoms with Crippen LogP contribution in [-0.2, 0) is 12.8 Å². The fourth-order valence-electron chi connectivity index (χ4n) is 3.32. The van der Waals surface area contributed by atoms with Gasteiger partial charge in [0.25, 0.3) is 11.5 Å². The molecule has 128 valence electrons. The number of fused-ring (bicyclic) bond motifs is 3. The van der Waals surface area contributed by atoms with Crippen molar-refractivity contribution in [3.05, 3.63) is 68.6 Å². The number of carbonyl (C=O) groups is 1. The van der Waals surface area contributed by atoms with Crippen molar-refractivity contribution in [3.8, 4) is 0 Å². The number of rotatable bonds is 3. The molecule has 0 bridgehead atoms. The average molecular weight is 353 g/mol. The summed E-state index contributed by atoms with van der Waals surface area (Å²) >= 11 is 1.57. The van der Waals surface area contributed by atoms with Crippen LogP contribution in [0, 0.1) is 0 Å². The lowest BCUT2D eigenvalue weighted by atomic mass is 10.0. The van der Waals surface area contributed by atoms with Gasteiger partial charge >= 0.3 is 0 Å². The number of hydrogen-bond donors (Lipinski definition) is 1. The highest BCUT2D eigenvalue weighted by molar-refractivity contribution is 7.17. The highest BCUT2D eigenvalue weighted by atomic mass is 32.1. The molecule has 0 unspecified atom stereocenters. The highest BCUT2D eigenvalue weighted by Gasteiger charge is 2.22. The maximum absolute atomic E-state index is 12.9. The van der Waals surface area contributed by atoms with Crippen molar-refractivity contribution in [1.29, 1.82) is 0 Å². The minimum atomic E-state index is -0.376. The van der Waals surface area contributed by atoms with Crippen molar-refractivity contribution in [2.75, 3.05) is 0 Å². The highest BCUT2D eigenvalue weighted by Crippen LogP contribution is 2.28. The number of thiazole rings is 1. The van der Waals surface area contributed by atoms with Crippen molar-refractivity contribution in [1.82, 2.24) is 14.7 Å². The van der Waals surface area contributed by atoms with Crippen molar-refractivity contribution < 1.29 is 4.79 Å². The van der Waals surface area contributed by atoms with Gasteiger partial charge in [-0.1, -0.05) is 30.3 Å². The second-order valence-electron chi connectivity index (χ2n) is 6.38. The average Bonchev–Trinajstić information content (AvgIpc) is 3.02. The molecule has 0 radical (unpaired) electrons. The Balaban J connectivity index is 1.68. The van der Waals surface area contributed by atoms with Gasteiger partial charge in [-0.2, -0.15) is 0 Å². The van der Waals surface area contributed by atoms with Crippen LogP contribution in [-0.4, -0.2) is 15.3 Å². The van der Waals surface area contributed by atoms with Crippen LogP contribution in [0.5, 0.6) is 0 Å². The lowest BCUT2D eigenvalue weighted by Gasteiger charge is -2.14. The summed E-state index contributed by atoms with van der Waals surface area (Å²) in [6, 6.07) is 9.52. The molecule has 2 aromatic heterocycles. The van der Waals surface area contributed by atoms with Gasteiger partial charge < -0.3 is 5.32 Å². The Bertz CT molecular complexity index is 991. The van der Waals surface area contributed by atoms with Crippen LogP contribution in [0.3, 0.4) is 0 Å². The summed E-state index contributed by atoms with van der Waals surface area (Å²) in [4.78, 5) is 31.8. The summed E-state index contributed by atoms with van der Waals surface area (Å²) in [5, 5.41) is 2.90. The minimum absolute atomic E-state index is 0.103. The molecule has 1 aliphatic rings. The summed E-state index contributed by atoms with van der Waals surface area (Å²) < 4.78 is 1.64. The molecule has 1 atom stereocenters. The van der Waals surface area contributed by atoms with Crippen LogP contribution in [0.4, 0.5) is 0 Å². The molecule has 5 nitrogen and oxygen atoms in total. The monoisotopic (exact) mass is 353 g/mol. The Labute approximate surface area is 149 Å². The molecule has 3 aromatic rings. The number of aryl methyl sites for hydroxylation is 2. The molecule has 2 heterocycles. The van der Waals surface area contributed by atoms with Crippen molar-refractivity contribution in [2.45, 2.75) is 38.6 Å². The number of nitrogens with zero attached hydrogens (tertiary/aromatic N) is 2. The first-order valence-electron chi connectivity index (χ1n) is 8.53. The van der Waals surface area contributed by atoms with Gasteiger partial charge in [0.05, 0.1) is 6.04 Å². The van der Waals surface area contributed by atoms with Gasteiger partial charge in [0.15, 0.2) is 4.96 Å². The van der Waals surface area contributed by atoms with E-state index in [9.17, 15) is 9.59 Å². The van der Waals surface area contributed by atoms with Gasteiger partial charge in [-0.3, -0.25) is 14.0 Å². The lowest BCUT2D eigenvalue weighted by molar-refractivity contribution is 0.0938. The van der Waals surface area contributed by atoms with Gasteiger partial charge in [-0.15, -0.1) is 11.3 Å². The van der Waals surface area contributed by atoms with Gasteiger partial charge in [-0.05, 0) is 38.2 Å². The van der Waals surface area contributed by atoms with E-state index in [0.29, 0.717) is 4.96 Å². The third kappa shape index (κ3) is 2.87. The van der Waals surface area contributed by atoms with E-state index in [1.54, 1.807) is 15.7 Å². The van der Waals surface area contributed by atoms with Crippen LogP contribution in [0.15, 0.2) is 41.3 Å². The molecule has 4 rings (SSSR count). The van der Waals surface area contributed by atoms with E-state index < -0.39 is 0 Å². The largest absolute Gasteiger partial charge is 0.345 e. The molecule has 0 aliphatic heterocycles. The quantitative estimate of drug-likeness (QED) is 0.787. The standard InChI is InChI=1S/C19H19N3O2S/c1-12(13-7-3-2-4-8-13)21-17(23)14-11-20-19-22(18(14)24)15-9-5-6-10-16(15)25-19/h2-4,7-8,11-12H,5-6,9-10H2,1H3,(H,21,23)/t12-/m0/s1. The SMILES string of the molecule is C[C@H](NC(=O)c1cnc2sc3c(n2c1=O)CCCC3)c1ccccc1. The van der Waals surface area contributed by atoms with Crippen molar-refractivity contribution >= 4 is 22.2 Å². The predicted octanol–water partition coefficient (Wildman–Crippen LogP) is 3.13. The Kier molecular flexibility index (Phi) is 4.13. The maximum atomic E-state index is 12.9. The van der Waals surface area contributed by atoms with Crippen molar-refractivity contribution in [3.63, 3.8) is 0 Å². The second kappa shape index (κ2) is 6.44. The number of nitrogens with one attached hydrogen (secondary N) is 1. The number of aromatic nitrogens is 2. The van der Waals surface area contributed by atoms with Gasteiger partial charge in [0.1, 0.15) is 5.56 Å². The lowest BCUT2D eigenvalue weighted by Crippen LogP contribution is -2.33. The molecular weight excluding hydrogens is 334 g/mol. The molecular formula is C19H19N3O2S. The smallest absolute Gasteiger partial charge is 0.271 e. The van der Waals surface area contributed by atoms with E-state index in [0.717, 1.165) is 36.9 Å². The summed E-state index contributed by atoms with van der Waals surface area (Å²) in [6.07, 6.45) is 5.51. The fraction of sp³-hybridized carbons (Fsp3) is 0.316. The maximum Gasteiger partial charge on any atom is 0.271 e. The van der Waals surface area contributed by atoms with E-state index in [-0.39, 0.29) is 23.1 Å². The number of amides is 1. The summed E-state index contributed by atoms with van der Waals surface area (Å²) in [6.45, 7) is 1.91. The molecule has 1 aliphatic carbocycles. The molecule has 0 saturated heterocycles. The summed E-state index contributed by atoms with van der Waals surface area (Å²) in [7, 11) is 0. The second-order valence-corrected chi connectivity index (χ2v) is 7.44. The first kappa shape index (κ1) is 16.0. The molecule has 6 heteroatoms. The van der Waals surface area contributed by atoms with Gasteiger partial charge in [-0.25, -0.2) is 4.98 Å². The molecule has 25 heavy (non-hydrogen) atoms. The van der Waals surface area contributed by atoms with Crippen LogP contribution in [0.1, 0.15) is 52.3 Å². The molecule has 0 spiro atoms. The number of carbonyl (C=O) groups excluding carboxylic acids is 1. The number of hydrogen-bond acceptors (Lipinski definition) is 4. The van der Waals surface area contributed by atoms with Crippen LogP contribution < -0.4 is 10.9 Å². The van der Waals surface area contributed by atoms with E-state index in [4.69, 9.17) is 0 Å². The Hall–Kier alpha value is -2.47. The molecule has 0 fully saturated rings. The molecule has 1 N–H and O–H groups in total. The zero-order chi connectivity index (χ0) is 17.4. The first-order valence-corrected chi connectivity index (χ1v) is 9.35. The zero-order valence-electron chi connectivity index (χ0n) is 14.0. The first-order chi connectivity index (χ1) is 12.1.